The van der Waals surface area contributed by atoms with Crippen LogP contribution >= 0.6 is 0 Å². The SMILES string of the molecule is O=C(O)CC1CN(CC(=O)NCc2ccccc2F)C1. The molecule has 0 radical (unpaired) electrons. The molecule has 0 unspecified atom stereocenters. The first-order valence-electron chi connectivity index (χ1n) is 6.49. The van der Waals surface area contributed by atoms with Crippen LogP contribution in [0, 0.1) is 11.7 Å². The van der Waals surface area contributed by atoms with Gasteiger partial charge in [-0.1, -0.05) is 18.2 Å². The summed E-state index contributed by atoms with van der Waals surface area (Å²) in [7, 11) is 0. The summed E-state index contributed by atoms with van der Waals surface area (Å²) in [6.45, 7) is 1.64. The number of aliphatic carboxylic acids is 1. The lowest BCUT2D eigenvalue weighted by molar-refractivity contribution is -0.139. The van der Waals surface area contributed by atoms with Gasteiger partial charge in [-0.3, -0.25) is 14.5 Å². The van der Waals surface area contributed by atoms with Crippen LogP contribution < -0.4 is 5.32 Å². The van der Waals surface area contributed by atoms with Crippen LogP contribution in [0.25, 0.3) is 0 Å². The Labute approximate surface area is 116 Å². The Morgan fingerprint density at radius 3 is 2.70 bits per heavy atom. The largest absolute Gasteiger partial charge is 0.481 e. The van der Waals surface area contributed by atoms with Gasteiger partial charge in [0.25, 0.3) is 0 Å². The molecule has 5 nitrogen and oxygen atoms in total. The second-order valence-electron chi connectivity index (χ2n) is 5.03. The zero-order chi connectivity index (χ0) is 14.5. The van der Waals surface area contributed by atoms with Crippen molar-refractivity contribution >= 4 is 11.9 Å². The number of hydrogen-bond acceptors (Lipinski definition) is 3. The molecular weight excluding hydrogens is 263 g/mol. The van der Waals surface area contributed by atoms with E-state index in [9.17, 15) is 14.0 Å². The fourth-order valence-electron chi connectivity index (χ4n) is 2.28. The van der Waals surface area contributed by atoms with Gasteiger partial charge < -0.3 is 10.4 Å². The van der Waals surface area contributed by atoms with Crippen LogP contribution in [-0.2, 0) is 16.1 Å². The van der Waals surface area contributed by atoms with E-state index in [4.69, 9.17) is 5.11 Å². The van der Waals surface area contributed by atoms with Gasteiger partial charge in [-0.25, -0.2) is 4.39 Å². The predicted molar refractivity (Wildman–Crippen MR) is 70.4 cm³/mol. The molecule has 1 aromatic carbocycles. The molecule has 1 aliphatic heterocycles. The fraction of sp³-hybridized carbons (Fsp3) is 0.429. The number of nitrogens with one attached hydrogen (secondary N) is 1. The summed E-state index contributed by atoms with van der Waals surface area (Å²) in [5, 5.41) is 11.3. The molecule has 1 aliphatic rings. The van der Waals surface area contributed by atoms with Crippen LogP contribution in [0.3, 0.4) is 0 Å². The van der Waals surface area contributed by atoms with Gasteiger partial charge in [0.05, 0.1) is 13.0 Å². The normalized spacial score (nSPS) is 15.7. The molecule has 1 saturated heterocycles. The number of halogens is 1. The summed E-state index contributed by atoms with van der Waals surface area (Å²) >= 11 is 0. The highest BCUT2D eigenvalue weighted by Gasteiger charge is 2.29. The molecule has 20 heavy (non-hydrogen) atoms. The monoisotopic (exact) mass is 280 g/mol. The second-order valence-corrected chi connectivity index (χ2v) is 5.03. The number of carbonyl (C=O) groups is 2. The first-order valence-corrected chi connectivity index (χ1v) is 6.49. The Morgan fingerprint density at radius 1 is 1.35 bits per heavy atom. The molecule has 1 amide bonds. The highest BCUT2D eigenvalue weighted by Crippen LogP contribution is 2.18. The number of likely N-dealkylation sites (tertiary alicyclic amines) is 1. The van der Waals surface area contributed by atoms with Crippen LogP contribution in [0.4, 0.5) is 4.39 Å². The van der Waals surface area contributed by atoms with Gasteiger partial charge in [0.2, 0.25) is 5.91 Å². The average Bonchev–Trinajstić information content (AvgIpc) is 2.35. The van der Waals surface area contributed by atoms with Crippen molar-refractivity contribution in [3.8, 4) is 0 Å². The summed E-state index contributed by atoms with van der Waals surface area (Å²) in [4.78, 5) is 24.0. The van der Waals surface area contributed by atoms with Gasteiger partial charge in [0.15, 0.2) is 0 Å². The van der Waals surface area contributed by atoms with E-state index in [-0.39, 0.29) is 37.2 Å². The zero-order valence-corrected chi connectivity index (χ0v) is 11.0. The summed E-state index contributed by atoms with van der Waals surface area (Å²) in [5.74, 6) is -1.19. The minimum Gasteiger partial charge on any atom is -0.481 e. The van der Waals surface area contributed by atoms with Gasteiger partial charge in [-0.15, -0.1) is 0 Å². The van der Waals surface area contributed by atoms with E-state index in [2.05, 4.69) is 5.32 Å². The summed E-state index contributed by atoms with van der Waals surface area (Å²) in [6.07, 6.45) is 0.146. The third-order valence-corrected chi connectivity index (χ3v) is 3.30. The molecule has 1 heterocycles. The smallest absolute Gasteiger partial charge is 0.303 e. The lowest BCUT2D eigenvalue weighted by Gasteiger charge is -2.37. The minimum absolute atomic E-state index is 0.131. The van der Waals surface area contributed by atoms with E-state index in [1.165, 1.54) is 6.07 Å². The Kier molecular flexibility index (Phi) is 4.68. The summed E-state index contributed by atoms with van der Waals surface area (Å²) in [6, 6.07) is 6.30. The Hall–Kier alpha value is -1.95. The molecule has 108 valence electrons. The van der Waals surface area contributed by atoms with E-state index in [1.54, 1.807) is 18.2 Å². The number of nitrogens with zero attached hydrogens (tertiary/aromatic N) is 1. The van der Waals surface area contributed by atoms with E-state index in [0.29, 0.717) is 18.7 Å². The zero-order valence-electron chi connectivity index (χ0n) is 11.0. The maximum Gasteiger partial charge on any atom is 0.303 e. The third kappa shape index (κ3) is 4.03. The van der Waals surface area contributed by atoms with E-state index in [0.717, 1.165) is 0 Å². The van der Waals surface area contributed by atoms with Crippen molar-refractivity contribution < 1.29 is 19.1 Å². The van der Waals surface area contributed by atoms with Gasteiger partial charge in [-0.2, -0.15) is 0 Å². The van der Waals surface area contributed by atoms with Crippen LogP contribution in [0.2, 0.25) is 0 Å². The van der Waals surface area contributed by atoms with Crippen molar-refractivity contribution in [1.82, 2.24) is 10.2 Å². The highest BCUT2D eigenvalue weighted by atomic mass is 19.1. The molecule has 1 fully saturated rings. The lowest BCUT2D eigenvalue weighted by Crippen LogP contribution is -2.51. The molecular formula is C14H17FN2O3. The lowest BCUT2D eigenvalue weighted by atomic mass is 9.96. The Bertz CT molecular complexity index is 501. The molecule has 0 saturated carbocycles. The molecule has 0 spiro atoms. The number of benzene rings is 1. The number of carboxylic acid groups (broad SMARTS) is 1. The highest BCUT2D eigenvalue weighted by molar-refractivity contribution is 5.78. The molecule has 0 atom stereocenters. The van der Waals surface area contributed by atoms with Crippen LogP contribution in [0.5, 0.6) is 0 Å². The van der Waals surface area contributed by atoms with Crippen LogP contribution in [0.15, 0.2) is 24.3 Å². The number of rotatable bonds is 6. The van der Waals surface area contributed by atoms with E-state index in [1.807, 2.05) is 4.90 Å². The van der Waals surface area contributed by atoms with Crippen molar-refractivity contribution in [2.24, 2.45) is 5.92 Å². The van der Waals surface area contributed by atoms with Crippen molar-refractivity contribution in [3.05, 3.63) is 35.6 Å². The number of hydrogen-bond donors (Lipinski definition) is 2. The van der Waals surface area contributed by atoms with Crippen molar-refractivity contribution in [1.29, 1.82) is 0 Å². The second kappa shape index (κ2) is 6.47. The predicted octanol–water partition coefficient (Wildman–Crippen LogP) is 0.848. The molecule has 0 bridgehead atoms. The number of amides is 1. The van der Waals surface area contributed by atoms with E-state index < -0.39 is 5.97 Å². The topological polar surface area (TPSA) is 69.6 Å². The molecule has 0 aromatic heterocycles. The average molecular weight is 280 g/mol. The van der Waals surface area contributed by atoms with E-state index >= 15 is 0 Å². The maximum atomic E-state index is 13.3. The summed E-state index contributed by atoms with van der Waals surface area (Å²) < 4.78 is 13.3. The Morgan fingerprint density at radius 2 is 2.05 bits per heavy atom. The first-order chi connectivity index (χ1) is 9.54. The van der Waals surface area contributed by atoms with Gasteiger partial charge >= 0.3 is 5.97 Å². The third-order valence-electron chi connectivity index (χ3n) is 3.30. The minimum atomic E-state index is -0.807. The summed E-state index contributed by atoms with van der Waals surface area (Å²) in [5.41, 5.74) is 0.452. The Balaban J connectivity index is 1.67. The molecule has 2 rings (SSSR count). The van der Waals surface area contributed by atoms with Gasteiger partial charge in [0.1, 0.15) is 5.82 Å². The van der Waals surface area contributed by atoms with Crippen LogP contribution in [0.1, 0.15) is 12.0 Å². The van der Waals surface area contributed by atoms with Crippen molar-refractivity contribution in [2.75, 3.05) is 19.6 Å². The molecule has 1 aromatic rings. The van der Waals surface area contributed by atoms with Gasteiger partial charge in [0, 0.05) is 25.2 Å². The fourth-order valence-corrected chi connectivity index (χ4v) is 2.28. The molecule has 6 heteroatoms. The quantitative estimate of drug-likeness (QED) is 0.810. The maximum absolute atomic E-state index is 13.3. The molecule has 0 aliphatic carbocycles. The first kappa shape index (κ1) is 14.5. The number of carboxylic acids is 1. The van der Waals surface area contributed by atoms with Crippen molar-refractivity contribution in [2.45, 2.75) is 13.0 Å². The van der Waals surface area contributed by atoms with Crippen LogP contribution in [-0.4, -0.2) is 41.5 Å². The molecule has 2 N–H and O–H groups in total. The number of carbonyl (C=O) groups excluding carboxylic acids is 1. The van der Waals surface area contributed by atoms with Crippen molar-refractivity contribution in [3.63, 3.8) is 0 Å². The standard InChI is InChI=1S/C14H17FN2O3/c15-12-4-2-1-3-11(12)6-16-13(18)9-17-7-10(8-17)5-14(19)20/h1-4,10H,5-9H2,(H,16,18)(H,19,20). The van der Waals surface area contributed by atoms with Gasteiger partial charge in [-0.05, 0) is 12.0 Å².